The maximum atomic E-state index is 15.3. The minimum absolute atomic E-state index is 0.00612. The van der Waals surface area contributed by atoms with Crippen LogP contribution in [0.15, 0.2) is 183 Å². The molecule has 4 aromatic heterocycles. The number of piperidine rings is 4. The van der Waals surface area contributed by atoms with Crippen LogP contribution in [0.5, 0.6) is 0 Å². The Morgan fingerprint density at radius 1 is 0.404 bits per heavy atom. The van der Waals surface area contributed by atoms with Gasteiger partial charge in [0.1, 0.15) is 11.2 Å². The second-order valence-electron chi connectivity index (χ2n) is 28.3. The van der Waals surface area contributed by atoms with E-state index in [1.807, 2.05) is 79.7 Å². The van der Waals surface area contributed by atoms with Gasteiger partial charge in [-0.3, -0.25) is 19.9 Å². The number of rotatable bonds is 13. The summed E-state index contributed by atoms with van der Waals surface area (Å²) >= 11 is 0. The molecule has 4 aliphatic rings. The number of carbonyl (C=O) groups is 4. The van der Waals surface area contributed by atoms with Gasteiger partial charge in [-0.05, 0) is 165 Å². The number of nitrogens with one attached hydrogen (secondary N) is 4. The lowest BCUT2D eigenvalue weighted by Crippen LogP contribution is -2.50. The van der Waals surface area contributed by atoms with Crippen molar-refractivity contribution in [3.8, 4) is 0 Å². The van der Waals surface area contributed by atoms with Gasteiger partial charge in [-0.1, -0.05) is 74.5 Å². The highest BCUT2D eigenvalue weighted by Gasteiger charge is 2.73. The molecule has 0 saturated carbocycles. The molecule has 0 aliphatic carbocycles. The van der Waals surface area contributed by atoms with Crippen LogP contribution in [0.2, 0.25) is 0 Å². The van der Waals surface area contributed by atoms with E-state index in [4.69, 9.17) is 9.47 Å². The van der Waals surface area contributed by atoms with Crippen molar-refractivity contribution in [2.45, 2.75) is 144 Å². The van der Waals surface area contributed by atoms with E-state index in [0.29, 0.717) is 106 Å². The van der Waals surface area contributed by atoms with Gasteiger partial charge >= 0.3 is 54.5 Å². The molecule has 612 valence electrons. The lowest BCUT2D eigenvalue weighted by Gasteiger charge is -2.40. The third kappa shape index (κ3) is 21.4. The molecule has 114 heavy (non-hydrogen) atoms. The molecule has 4 aromatic carbocycles. The molecule has 12 rings (SSSR count). The molecule has 0 atom stereocenters. The summed E-state index contributed by atoms with van der Waals surface area (Å²) in [6, 6.07) is 36.0. The number of pyridine rings is 4. The predicted octanol–water partition coefficient (Wildman–Crippen LogP) is 19.4. The summed E-state index contributed by atoms with van der Waals surface area (Å²) in [5.41, 5.74) is -6.14. The second kappa shape index (κ2) is 36.7. The number of nitrogens with zero attached hydrogens (tertiary/aromatic N) is 8. The Hall–Kier alpha value is -10.6. The fraction of sp³-hybridized carbons (Fsp3) is 0.407. The number of aromatic nitrogens is 4. The molecule has 8 heterocycles. The van der Waals surface area contributed by atoms with E-state index < -0.39 is 75.6 Å². The number of amides is 8. The number of alkyl halides is 15. The van der Waals surface area contributed by atoms with Crippen LogP contribution in [-0.4, -0.2) is 143 Å². The van der Waals surface area contributed by atoms with Gasteiger partial charge in [0.25, 0.3) is 0 Å². The fourth-order valence-electron chi connectivity index (χ4n) is 13.7. The molecule has 33 heteroatoms. The SMILES string of the molecule is COC1(c2ccccn2)CCN(C(=O)NCc2ccc(C(F)(F)F)cc2)CC1.COC1(c2ccccn2)CCN(C(=O)Nc2ccc(C(F)(F)F)cc2)CC1.Cc1cccnc1C1(F)CCN(C(=O)Nc2ccc(C(C)C)cc2)CC1.Cc1cccnc1C1(F)CCN(C(=O)Nc2ccc(C(F)(C(F)(F)F)C(F)(F)F)cc2)CC1. The zero-order valence-corrected chi connectivity index (χ0v) is 63.1. The summed E-state index contributed by atoms with van der Waals surface area (Å²) in [6.07, 6.45) is -11.8. The van der Waals surface area contributed by atoms with Crippen LogP contribution in [0.1, 0.15) is 133 Å². The first-order chi connectivity index (χ1) is 53.8. The monoisotopic (exact) mass is 1610 g/mol. The van der Waals surface area contributed by atoms with Crippen molar-refractivity contribution in [1.29, 1.82) is 0 Å². The quantitative estimate of drug-likeness (QED) is 0.0806. The summed E-state index contributed by atoms with van der Waals surface area (Å²) in [4.78, 5) is 73.1. The van der Waals surface area contributed by atoms with E-state index in [9.17, 15) is 76.3 Å². The first-order valence-electron chi connectivity index (χ1n) is 36.5. The molecule has 4 fully saturated rings. The van der Waals surface area contributed by atoms with Crippen molar-refractivity contribution in [3.63, 3.8) is 0 Å². The Balaban J connectivity index is 0.000000175. The molecule has 4 N–H and O–H groups in total. The van der Waals surface area contributed by atoms with Crippen LogP contribution < -0.4 is 21.3 Å². The number of likely N-dealkylation sites (tertiary alicyclic amines) is 4. The van der Waals surface area contributed by atoms with Crippen molar-refractivity contribution in [3.05, 3.63) is 244 Å². The minimum atomic E-state index is -6.23. The van der Waals surface area contributed by atoms with E-state index in [-0.39, 0.29) is 74.8 Å². The van der Waals surface area contributed by atoms with Gasteiger partial charge in [0.05, 0.1) is 33.9 Å². The minimum Gasteiger partial charge on any atom is -0.372 e. The van der Waals surface area contributed by atoms with Gasteiger partial charge in [0, 0.05) is 146 Å². The zero-order valence-electron chi connectivity index (χ0n) is 63.1. The molecule has 8 aromatic rings. The number of carbonyl (C=O) groups excluding carboxylic acids is 4. The summed E-state index contributed by atoms with van der Waals surface area (Å²) < 4.78 is 209. The number of anilines is 3. The zero-order chi connectivity index (χ0) is 83.1. The molecule has 4 aliphatic heterocycles. The van der Waals surface area contributed by atoms with E-state index >= 15 is 8.78 Å². The van der Waals surface area contributed by atoms with Crippen molar-refractivity contribution in [2.24, 2.45) is 0 Å². The Morgan fingerprint density at radius 2 is 0.719 bits per heavy atom. The molecule has 4 saturated heterocycles. The van der Waals surface area contributed by atoms with E-state index in [2.05, 4.69) is 55.1 Å². The van der Waals surface area contributed by atoms with E-state index in [1.165, 1.54) is 40.9 Å². The van der Waals surface area contributed by atoms with Gasteiger partial charge in [0.15, 0.2) is 11.3 Å². The fourth-order valence-corrected chi connectivity index (χ4v) is 13.7. The standard InChI is InChI=1S/C21H19F8N3O.C21H26FN3O.C20H22F3N3O2.C19H20F3N3O2/c1-13-3-2-10-30-16(13)18(22)8-11-32(12-9-18)17(33)31-15-6-4-14(5-7-15)19(23,20(24,25)26)21(27,28)29;1-15(2)17-6-8-18(9-7-17)24-20(26)25-13-10-21(22,11-14-25)19-16(3)5-4-12-23-19;1-28-19(17-4-2-3-11-24-17)9-12-26(13-10-19)18(27)25-14-15-5-7-16(8-6-15)20(21,22)23;1-27-18(16-4-2-3-11-23-16)9-12-25(13-10-18)17(26)24-15-7-5-14(6-8-15)19(20,21)22/h2-7,10H,8-9,11-12H2,1H3,(H,31,33);4-9,12,15H,10-11,13-14H2,1-3H3,(H,24,26);2-8,11H,9-10,12-14H2,1H3,(H,25,27);2-8,11H,9-10,12-13H2,1H3,(H,24,26). The van der Waals surface area contributed by atoms with Crippen molar-refractivity contribution < 1.29 is 94.5 Å². The first-order valence-corrected chi connectivity index (χ1v) is 36.5. The lowest BCUT2D eigenvalue weighted by molar-refractivity contribution is -0.348. The highest BCUT2D eigenvalue weighted by atomic mass is 19.4. The summed E-state index contributed by atoms with van der Waals surface area (Å²) in [6.45, 7) is 10.7. The summed E-state index contributed by atoms with van der Waals surface area (Å²) in [5, 5.41) is 10.6. The summed E-state index contributed by atoms with van der Waals surface area (Å²) in [5.74, 6) is 0.453. The van der Waals surface area contributed by atoms with Crippen LogP contribution in [0, 0.1) is 13.8 Å². The lowest BCUT2D eigenvalue weighted by atomic mass is 9.87. The van der Waals surface area contributed by atoms with Crippen molar-refractivity contribution >= 4 is 41.2 Å². The predicted molar refractivity (Wildman–Crippen MR) is 397 cm³/mol. The van der Waals surface area contributed by atoms with Crippen LogP contribution >= 0.6 is 0 Å². The average molecular weight is 1610 g/mol. The van der Waals surface area contributed by atoms with E-state index in [0.717, 1.165) is 59.0 Å². The number of aryl methyl sites for hydroxylation is 2. The maximum absolute atomic E-state index is 15.3. The smallest absolute Gasteiger partial charge is 0.372 e. The first kappa shape index (κ1) is 87.4. The number of methoxy groups -OCH3 is 2. The van der Waals surface area contributed by atoms with Gasteiger partial charge in [-0.2, -0.15) is 52.7 Å². The van der Waals surface area contributed by atoms with Crippen LogP contribution in [-0.2, 0) is 56.6 Å². The number of halogens is 15. The normalized spacial score (nSPS) is 16.8. The second-order valence-corrected chi connectivity index (χ2v) is 28.3. The number of urea groups is 4. The molecule has 0 bridgehead atoms. The number of benzene rings is 4. The Labute approximate surface area is 649 Å². The van der Waals surface area contributed by atoms with Crippen LogP contribution in [0.3, 0.4) is 0 Å². The van der Waals surface area contributed by atoms with Gasteiger partial charge in [-0.25, -0.2) is 32.3 Å². The van der Waals surface area contributed by atoms with Crippen molar-refractivity contribution in [2.75, 3.05) is 82.5 Å². The highest BCUT2D eigenvalue weighted by Crippen LogP contribution is 2.53. The van der Waals surface area contributed by atoms with Crippen LogP contribution in [0.25, 0.3) is 0 Å². The summed E-state index contributed by atoms with van der Waals surface area (Å²) in [7, 11) is 3.28. The number of hydrogen-bond acceptors (Lipinski definition) is 10. The Morgan fingerprint density at radius 3 is 1.03 bits per heavy atom. The van der Waals surface area contributed by atoms with Gasteiger partial charge in [0.2, 0.25) is 0 Å². The molecular formula is C81H87F15N12O6. The van der Waals surface area contributed by atoms with Gasteiger partial charge < -0.3 is 50.3 Å². The molecular weight excluding hydrogens is 1520 g/mol. The van der Waals surface area contributed by atoms with E-state index in [1.54, 1.807) is 66.6 Å². The third-order valence-electron chi connectivity index (χ3n) is 20.6. The molecule has 18 nitrogen and oxygen atoms in total. The molecule has 8 amide bonds. The third-order valence-corrected chi connectivity index (χ3v) is 20.6. The number of hydrogen-bond donors (Lipinski definition) is 4. The maximum Gasteiger partial charge on any atom is 0.435 e. The van der Waals surface area contributed by atoms with Gasteiger partial charge in [-0.15, -0.1) is 0 Å². The van der Waals surface area contributed by atoms with Crippen LogP contribution in [0.4, 0.5) is 102 Å². The molecule has 0 spiro atoms. The number of ether oxygens (including phenoxy) is 2. The van der Waals surface area contributed by atoms with Crippen molar-refractivity contribution in [1.82, 2.24) is 44.9 Å². The average Bonchev–Trinajstić information content (AvgIpc) is 0.669. The molecule has 0 radical (unpaired) electrons. The highest BCUT2D eigenvalue weighted by molar-refractivity contribution is 5.91. The Kier molecular flexibility index (Phi) is 28.1. The largest absolute Gasteiger partial charge is 0.435 e. The Bertz CT molecular complexity index is 4440. The molecule has 0 unspecified atom stereocenters. The topological polar surface area (TPSA) is 199 Å².